The summed E-state index contributed by atoms with van der Waals surface area (Å²) >= 11 is 0. The van der Waals surface area contributed by atoms with Crippen LogP contribution in [0.4, 0.5) is 0 Å². The van der Waals surface area contributed by atoms with Gasteiger partial charge in [0.15, 0.2) is 0 Å². The standard InChI is InChI=1S/C17H22N4O3/c1-12-15(13(2)24-20-12)9-21-10-17(11-21)7-14(3-6-22-17)23-16-8-18-4-5-19-16/h4-5,8,14H,3,6-7,9-11H2,1-2H3. The van der Waals surface area contributed by atoms with Gasteiger partial charge in [-0.1, -0.05) is 5.16 Å². The lowest BCUT2D eigenvalue weighted by atomic mass is 9.84. The molecule has 2 aromatic rings. The second-order valence-electron chi connectivity index (χ2n) is 6.76. The smallest absolute Gasteiger partial charge is 0.232 e. The highest BCUT2D eigenvalue weighted by Crippen LogP contribution is 2.36. The largest absolute Gasteiger partial charge is 0.473 e. The van der Waals surface area contributed by atoms with Crippen LogP contribution in [0, 0.1) is 13.8 Å². The third kappa shape index (κ3) is 3.01. The zero-order chi connectivity index (χ0) is 16.6. The molecule has 7 heteroatoms. The van der Waals surface area contributed by atoms with E-state index in [1.165, 1.54) is 5.56 Å². The minimum atomic E-state index is -0.0932. The maximum atomic E-state index is 6.08. The molecular weight excluding hydrogens is 308 g/mol. The average molecular weight is 330 g/mol. The predicted molar refractivity (Wildman–Crippen MR) is 85.6 cm³/mol. The first-order valence-corrected chi connectivity index (χ1v) is 8.34. The van der Waals surface area contributed by atoms with Crippen molar-refractivity contribution < 1.29 is 14.0 Å². The Kier molecular flexibility index (Phi) is 3.97. The van der Waals surface area contributed by atoms with Gasteiger partial charge in [0, 0.05) is 50.4 Å². The Morgan fingerprint density at radius 3 is 2.92 bits per heavy atom. The number of rotatable bonds is 4. The molecule has 1 atom stereocenters. The summed E-state index contributed by atoms with van der Waals surface area (Å²) in [5, 5.41) is 4.02. The summed E-state index contributed by atoms with van der Waals surface area (Å²) in [4.78, 5) is 10.6. The van der Waals surface area contributed by atoms with Gasteiger partial charge < -0.3 is 14.0 Å². The van der Waals surface area contributed by atoms with E-state index < -0.39 is 0 Å². The molecule has 0 bridgehead atoms. The van der Waals surface area contributed by atoms with Gasteiger partial charge in [0.1, 0.15) is 11.9 Å². The molecule has 1 spiro atoms. The van der Waals surface area contributed by atoms with Gasteiger partial charge in [0.25, 0.3) is 0 Å². The lowest BCUT2D eigenvalue weighted by Crippen LogP contribution is -2.65. The van der Waals surface area contributed by atoms with Crippen LogP contribution in [0.15, 0.2) is 23.1 Å². The van der Waals surface area contributed by atoms with Crippen molar-refractivity contribution in [2.45, 2.75) is 44.9 Å². The van der Waals surface area contributed by atoms with E-state index in [1.807, 2.05) is 13.8 Å². The van der Waals surface area contributed by atoms with Crippen LogP contribution in [0.25, 0.3) is 0 Å². The Morgan fingerprint density at radius 2 is 2.21 bits per heavy atom. The number of aryl methyl sites for hydroxylation is 2. The molecule has 4 heterocycles. The van der Waals surface area contributed by atoms with Crippen molar-refractivity contribution >= 4 is 0 Å². The summed E-state index contributed by atoms with van der Waals surface area (Å²) in [6.45, 7) is 7.37. The minimum absolute atomic E-state index is 0.0932. The topological polar surface area (TPSA) is 73.5 Å². The summed E-state index contributed by atoms with van der Waals surface area (Å²) in [6, 6.07) is 0. The van der Waals surface area contributed by atoms with E-state index in [-0.39, 0.29) is 11.7 Å². The van der Waals surface area contributed by atoms with Gasteiger partial charge in [-0.15, -0.1) is 0 Å². The van der Waals surface area contributed by atoms with Gasteiger partial charge in [-0.3, -0.25) is 9.88 Å². The van der Waals surface area contributed by atoms with Crippen LogP contribution in [0.3, 0.4) is 0 Å². The Morgan fingerprint density at radius 1 is 1.33 bits per heavy atom. The average Bonchev–Trinajstić information content (AvgIpc) is 2.87. The van der Waals surface area contributed by atoms with Crippen molar-refractivity contribution in [3.8, 4) is 5.88 Å². The van der Waals surface area contributed by atoms with Crippen molar-refractivity contribution in [2.75, 3.05) is 19.7 Å². The molecule has 7 nitrogen and oxygen atoms in total. The van der Waals surface area contributed by atoms with Crippen LogP contribution in [-0.4, -0.2) is 51.4 Å². The molecule has 2 aliphatic heterocycles. The van der Waals surface area contributed by atoms with Crippen LogP contribution in [0.2, 0.25) is 0 Å². The van der Waals surface area contributed by atoms with Gasteiger partial charge in [0.2, 0.25) is 5.88 Å². The normalized spacial score (nSPS) is 23.2. The fourth-order valence-corrected chi connectivity index (χ4v) is 3.65. The molecule has 24 heavy (non-hydrogen) atoms. The zero-order valence-corrected chi connectivity index (χ0v) is 14.1. The molecule has 0 aromatic carbocycles. The first-order valence-electron chi connectivity index (χ1n) is 8.34. The quantitative estimate of drug-likeness (QED) is 0.847. The van der Waals surface area contributed by atoms with Gasteiger partial charge >= 0.3 is 0 Å². The zero-order valence-electron chi connectivity index (χ0n) is 14.1. The van der Waals surface area contributed by atoms with E-state index in [4.69, 9.17) is 14.0 Å². The fourth-order valence-electron chi connectivity index (χ4n) is 3.65. The van der Waals surface area contributed by atoms with Crippen LogP contribution in [0.1, 0.15) is 29.9 Å². The summed E-state index contributed by atoms with van der Waals surface area (Å²) in [5.41, 5.74) is 2.07. The van der Waals surface area contributed by atoms with Crippen molar-refractivity contribution in [1.82, 2.24) is 20.0 Å². The monoisotopic (exact) mass is 330 g/mol. The molecule has 0 saturated carbocycles. The van der Waals surface area contributed by atoms with E-state index >= 15 is 0 Å². The lowest BCUT2D eigenvalue weighted by Gasteiger charge is -2.53. The van der Waals surface area contributed by atoms with E-state index in [9.17, 15) is 0 Å². The summed E-state index contributed by atoms with van der Waals surface area (Å²) in [7, 11) is 0. The van der Waals surface area contributed by atoms with E-state index in [2.05, 4.69) is 20.0 Å². The molecule has 0 amide bonds. The van der Waals surface area contributed by atoms with Crippen LogP contribution >= 0.6 is 0 Å². The van der Waals surface area contributed by atoms with Crippen molar-refractivity contribution in [3.05, 3.63) is 35.6 Å². The summed E-state index contributed by atoms with van der Waals surface area (Å²) < 4.78 is 17.3. The summed E-state index contributed by atoms with van der Waals surface area (Å²) in [6.07, 6.45) is 6.88. The first-order chi connectivity index (χ1) is 11.6. The third-order valence-corrected chi connectivity index (χ3v) is 4.86. The van der Waals surface area contributed by atoms with Gasteiger partial charge in [-0.2, -0.15) is 0 Å². The predicted octanol–water partition coefficient (Wildman–Crippen LogP) is 1.89. The molecule has 1 unspecified atom stereocenters. The minimum Gasteiger partial charge on any atom is -0.473 e. The molecule has 4 rings (SSSR count). The van der Waals surface area contributed by atoms with Crippen molar-refractivity contribution in [3.63, 3.8) is 0 Å². The number of likely N-dealkylation sites (tertiary alicyclic amines) is 1. The Hall–Kier alpha value is -1.99. The molecule has 0 aliphatic carbocycles. The molecule has 0 radical (unpaired) electrons. The number of nitrogens with zero attached hydrogens (tertiary/aromatic N) is 4. The highest BCUT2D eigenvalue weighted by Gasteiger charge is 2.48. The van der Waals surface area contributed by atoms with Crippen molar-refractivity contribution in [2.24, 2.45) is 0 Å². The number of hydrogen-bond acceptors (Lipinski definition) is 7. The number of aromatic nitrogens is 3. The van der Waals surface area contributed by atoms with Crippen LogP contribution < -0.4 is 4.74 Å². The Balaban J connectivity index is 1.34. The molecule has 2 saturated heterocycles. The Bertz CT molecular complexity index is 678. The highest BCUT2D eigenvalue weighted by atomic mass is 16.5. The number of ether oxygens (including phenoxy) is 2. The second-order valence-corrected chi connectivity index (χ2v) is 6.76. The van der Waals surface area contributed by atoms with Crippen LogP contribution in [0.5, 0.6) is 5.88 Å². The SMILES string of the molecule is Cc1noc(C)c1CN1CC2(CC(Oc3cnccn3)CCO2)C1. The van der Waals surface area contributed by atoms with E-state index in [0.29, 0.717) is 5.88 Å². The van der Waals surface area contributed by atoms with Crippen molar-refractivity contribution in [1.29, 1.82) is 0 Å². The highest BCUT2D eigenvalue weighted by molar-refractivity contribution is 5.21. The molecule has 2 fully saturated rings. The molecule has 128 valence electrons. The van der Waals surface area contributed by atoms with Gasteiger partial charge in [0.05, 0.1) is 24.1 Å². The molecule has 0 N–H and O–H groups in total. The van der Waals surface area contributed by atoms with Gasteiger partial charge in [-0.25, -0.2) is 4.98 Å². The maximum absolute atomic E-state index is 6.08. The fraction of sp³-hybridized carbons (Fsp3) is 0.588. The van der Waals surface area contributed by atoms with E-state index in [1.54, 1.807) is 18.6 Å². The molecular formula is C17H22N4O3. The van der Waals surface area contributed by atoms with E-state index in [0.717, 1.165) is 50.5 Å². The third-order valence-electron chi connectivity index (χ3n) is 4.86. The first kappa shape index (κ1) is 15.5. The lowest BCUT2D eigenvalue weighted by molar-refractivity contribution is -0.188. The molecule has 2 aliphatic rings. The Labute approximate surface area is 141 Å². The number of hydrogen-bond donors (Lipinski definition) is 0. The summed E-state index contributed by atoms with van der Waals surface area (Å²) in [5.74, 6) is 1.49. The maximum Gasteiger partial charge on any atom is 0.232 e. The molecule has 2 aromatic heterocycles. The van der Waals surface area contributed by atoms with Gasteiger partial charge in [-0.05, 0) is 13.8 Å². The second kappa shape index (κ2) is 6.14. The van der Waals surface area contributed by atoms with Crippen LogP contribution in [-0.2, 0) is 11.3 Å².